The van der Waals surface area contributed by atoms with E-state index in [0.717, 1.165) is 62.7 Å². The van der Waals surface area contributed by atoms with E-state index in [2.05, 4.69) is 10.6 Å². The molecule has 0 aliphatic heterocycles. The number of nitrogens with one attached hydrogen (secondary N) is 2. The number of ether oxygens (including phenoxy) is 1. The third-order valence-corrected chi connectivity index (χ3v) is 9.04. The fraction of sp³-hybridized carbons (Fsp3) is 0.654. The SMILES string of the molecule is O=C(COC(=O)c1ccccc1SCC(=O)NC12CC3CC(CC(C3)C1)C2)NC1CCCC1. The Balaban J connectivity index is 1.12. The first-order valence-corrected chi connectivity index (χ1v) is 13.5. The Morgan fingerprint density at radius 3 is 2.24 bits per heavy atom. The van der Waals surface area contributed by atoms with Crippen molar-refractivity contribution in [3.63, 3.8) is 0 Å². The maximum absolute atomic E-state index is 12.9. The summed E-state index contributed by atoms with van der Waals surface area (Å²) in [6, 6.07) is 7.35. The highest BCUT2D eigenvalue weighted by atomic mass is 32.2. The van der Waals surface area contributed by atoms with Crippen molar-refractivity contribution in [1.82, 2.24) is 10.6 Å². The zero-order valence-electron chi connectivity index (χ0n) is 19.1. The molecule has 5 saturated carbocycles. The van der Waals surface area contributed by atoms with E-state index in [1.165, 1.54) is 31.0 Å². The van der Waals surface area contributed by atoms with Gasteiger partial charge in [0.1, 0.15) is 0 Å². The highest BCUT2D eigenvalue weighted by Gasteiger charge is 2.51. The molecule has 0 atom stereocenters. The minimum absolute atomic E-state index is 0.00246. The van der Waals surface area contributed by atoms with Crippen LogP contribution < -0.4 is 10.6 Å². The number of carbonyl (C=O) groups excluding carboxylic acids is 3. The zero-order chi connectivity index (χ0) is 22.8. The van der Waals surface area contributed by atoms with Gasteiger partial charge in [-0.3, -0.25) is 9.59 Å². The Hall–Kier alpha value is -2.02. The first-order chi connectivity index (χ1) is 16.0. The minimum Gasteiger partial charge on any atom is -0.452 e. The van der Waals surface area contributed by atoms with Gasteiger partial charge in [0.25, 0.3) is 5.91 Å². The lowest BCUT2D eigenvalue weighted by atomic mass is 9.53. The number of hydrogen-bond acceptors (Lipinski definition) is 5. The molecule has 1 aromatic carbocycles. The van der Waals surface area contributed by atoms with Gasteiger partial charge in [-0.2, -0.15) is 0 Å². The largest absolute Gasteiger partial charge is 0.452 e. The van der Waals surface area contributed by atoms with E-state index in [0.29, 0.717) is 10.5 Å². The van der Waals surface area contributed by atoms with Gasteiger partial charge in [-0.1, -0.05) is 25.0 Å². The smallest absolute Gasteiger partial charge is 0.339 e. The maximum atomic E-state index is 12.9. The van der Waals surface area contributed by atoms with Crippen molar-refractivity contribution in [2.45, 2.75) is 80.7 Å². The van der Waals surface area contributed by atoms with Gasteiger partial charge in [0.05, 0.1) is 11.3 Å². The molecular formula is C26H34N2O4S. The van der Waals surface area contributed by atoms with Gasteiger partial charge in [0.15, 0.2) is 6.61 Å². The van der Waals surface area contributed by atoms with E-state index in [1.807, 2.05) is 12.1 Å². The van der Waals surface area contributed by atoms with Crippen molar-refractivity contribution < 1.29 is 19.1 Å². The van der Waals surface area contributed by atoms with Gasteiger partial charge in [0, 0.05) is 16.5 Å². The van der Waals surface area contributed by atoms with Crippen LogP contribution in [0, 0.1) is 17.8 Å². The van der Waals surface area contributed by atoms with Crippen molar-refractivity contribution in [3.8, 4) is 0 Å². The van der Waals surface area contributed by atoms with Crippen LogP contribution in [0.2, 0.25) is 0 Å². The molecule has 1 aromatic rings. The lowest BCUT2D eigenvalue weighted by Gasteiger charge is -2.56. The Bertz CT molecular complexity index is 876. The number of benzene rings is 1. The van der Waals surface area contributed by atoms with Crippen LogP contribution in [-0.2, 0) is 14.3 Å². The molecule has 5 aliphatic carbocycles. The van der Waals surface area contributed by atoms with Crippen LogP contribution in [-0.4, -0.2) is 41.7 Å². The molecule has 178 valence electrons. The second-order valence-electron chi connectivity index (χ2n) is 10.7. The van der Waals surface area contributed by atoms with Crippen molar-refractivity contribution in [1.29, 1.82) is 0 Å². The van der Waals surface area contributed by atoms with Crippen molar-refractivity contribution in [3.05, 3.63) is 29.8 Å². The molecule has 0 unspecified atom stereocenters. The number of esters is 1. The Labute approximate surface area is 200 Å². The molecule has 4 bridgehead atoms. The number of rotatable bonds is 8. The lowest BCUT2D eigenvalue weighted by molar-refractivity contribution is -0.125. The van der Waals surface area contributed by atoms with Gasteiger partial charge in [-0.05, 0) is 81.3 Å². The normalized spacial score (nSPS) is 30.2. The van der Waals surface area contributed by atoms with Crippen molar-refractivity contribution >= 4 is 29.5 Å². The highest BCUT2D eigenvalue weighted by molar-refractivity contribution is 8.00. The lowest BCUT2D eigenvalue weighted by Crippen LogP contribution is -2.60. The van der Waals surface area contributed by atoms with E-state index in [4.69, 9.17) is 4.74 Å². The summed E-state index contributed by atoms with van der Waals surface area (Å²) in [6.45, 7) is -0.277. The number of thioether (sulfide) groups is 1. The van der Waals surface area contributed by atoms with Crippen LogP contribution in [0.4, 0.5) is 0 Å². The molecule has 2 N–H and O–H groups in total. The summed E-state index contributed by atoms with van der Waals surface area (Å²) < 4.78 is 5.27. The second kappa shape index (κ2) is 9.69. The fourth-order valence-corrected chi connectivity index (χ4v) is 7.89. The molecule has 5 fully saturated rings. The number of hydrogen-bond donors (Lipinski definition) is 2. The van der Waals surface area contributed by atoms with E-state index >= 15 is 0 Å². The van der Waals surface area contributed by atoms with Gasteiger partial charge in [-0.25, -0.2) is 4.79 Å². The predicted octanol–water partition coefficient (Wildman–Crippen LogP) is 4.08. The maximum Gasteiger partial charge on any atom is 0.339 e. The topological polar surface area (TPSA) is 84.5 Å². The second-order valence-corrected chi connectivity index (χ2v) is 11.7. The quantitative estimate of drug-likeness (QED) is 0.442. The van der Waals surface area contributed by atoms with Gasteiger partial charge >= 0.3 is 5.97 Å². The number of amides is 2. The number of carbonyl (C=O) groups is 3. The zero-order valence-corrected chi connectivity index (χ0v) is 20.0. The average Bonchev–Trinajstić information content (AvgIpc) is 3.28. The van der Waals surface area contributed by atoms with E-state index < -0.39 is 5.97 Å². The first kappa shape index (κ1) is 22.8. The molecule has 0 spiro atoms. The molecule has 6 nitrogen and oxygen atoms in total. The van der Waals surface area contributed by atoms with Crippen molar-refractivity contribution in [2.75, 3.05) is 12.4 Å². The molecule has 2 amide bonds. The van der Waals surface area contributed by atoms with Gasteiger partial charge < -0.3 is 15.4 Å². The van der Waals surface area contributed by atoms with Crippen LogP contribution >= 0.6 is 11.8 Å². The molecule has 0 aromatic heterocycles. The van der Waals surface area contributed by atoms with Crippen LogP contribution in [0.1, 0.15) is 74.6 Å². The summed E-state index contributed by atoms with van der Waals surface area (Å²) in [4.78, 5) is 38.3. The molecule has 0 radical (unpaired) electrons. The molecule has 5 aliphatic rings. The monoisotopic (exact) mass is 470 g/mol. The Kier molecular flexibility index (Phi) is 6.68. The van der Waals surface area contributed by atoms with E-state index in [1.54, 1.807) is 12.1 Å². The third-order valence-electron chi connectivity index (χ3n) is 7.96. The minimum atomic E-state index is -0.527. The molecule has 6 rings (SSSR count). The Morgan fingerprint density at radius 2 is 1.58 bits per heavy atom. The predicted molar refractivity (Wildman–Crippen MR) is 127 cm³/mol. The third kappa shape index (κ3) is 5.39. The Morgan fingerprint density at radius 1 is 0.939 bits per heavy atom. The summed E-state index contributed by atoms with van der Waals surface area (Å²) in [5.74, 6) is 1.88. The van der Waals surface area contributed by atoms with E-state index in [-0.39, 0.29) is 35.8 Å². The standard InChI is InChI=1S/C26H34N2O4S/c29-23(27-20-5-1-2-6-20)15-32-25(31)21-7-3-4-8-22(21)33-16-24(30)28-26-12-17-9-18(13-26)11-19(10-17)14-26/h3-4,7-8,17-20H,1-2,5-6,9-16H2,(H,27,29)(H,28,30). The molecule has 0 heterocycles. The van der Waals surface area contributed by atoms with Crippen LogP contribution in [0.3, 0.4) is 0 Å². The van der Waals surface area contributed by atoms with Crippen LogP contribution in [0.25, 0.3) is 0 Å². The summed E-state index contributed by atoms with van der Waals surface area (Å²) in [5.41, 5.74) is 0.399. The van der Waals surface area contributed by atoms with Gasteiger partial charge in [-0.15, -0.1) is 11.8 Å². The van der Waals surface area contributed by atoms with E-state index in [9.17, 15) is 14.4 Å². The van der Waals surface area contributed by atoms with Crippen molar-refractivity contribution in [2.24, 2.45) is 17.8 Å². The molecule has 33 heavy (non-hydrogen) atoms. The summed E-state index contributed by atoms with van der Waals surface area (Å²) >= 11 is 1.36. The molecule has 0 saturated heterocycles. The molecular weight excluding hydrogens is 436 g/mol. The summed E-state index contributed by atoms with van der Waals surface area (Å²) in [6.07, 6.45) is 11.7. The highest BCUT2D eigenvalue weighted by Crippen LogP contribution is 2.55. The van der Waals surface area contributed by atoms with Crippen LogP contribution in [0.15, 0.2) is 29.2 Å². The average molecular weight is 471 g/mol. The fourth-order valence-electron chi connectivity index (χ4n) is 7.05. The van der Waals surface area contributed by atoms with Gasteiger partial charge in [0.2, 0.25) is 5.91 Å². The summed E-state index contributed by atoms with van der Waals surface area (Å²) in [5, 5.41) is 6.32. The van der Waals surface area contributed by atoms with Crippen LogP contribution in [0.5, 0.6) is 0 Å². The first-order valence-electron chi connectivity index (χ1n) is 12.5. The molecule has 7 heteroatoms. The summed E-state index contributed by atoms with van der Waals surface area (Å²) in [7, 11) is 0.